The van der Waals surface area contributed by atoms with Crippen LogP contribution in [-0.4, -0.2) is 6.62 Å². The number of hydrogen-bond acceptors (Lipinski definition) is 0. The summed E-state index contributed by atoms with van der Waals surface area (Å²) in [6.07, 6.45) is 8.69. The summed E-state index contributed by atoms with van der Waals surface area (Å²) in [4.78, 5) is 0. The fourth-order valence-corrected chi connectivity index (χ4v) is 6.07. The van der Waals surface area contributed by atoms with Gasteiger partial charge in [0.05, 0.1) is 0 Å². The average Bonchev–Trinajstić information content (AvgIpc) is 2.78. The third kappa shape index (κ3) is 1.36. The molecule has 14 heavy (non-hydrogen) atoms. The Morgan fingerprint density at radius 3 is 1.21 bits per heavy atom. The van der Waals surface area contributed by atoms with E-state index in [1.165, 1.54) is 0 Å². The number of hydrogen-bond donors (Lipinski definition) is 0. The molecule has 0 aromatic carbocycles. The first-order valence-electron chi connectivity index (χ1n) is 4.41. The predicted molar refractivity (Wildman–Crippen MR) is 57.3 cm³/mol. The molecule has 0 saturated carbocycles. The molecule has 0 saturated heterocycles. The third-order valence-electron chi connectivity index (χ3n) is 2.38. The SMILES string of the molecule is [CH3][Ru]([CH3])([CH3])([n]1cccc1)[n]1cccc1. The van der Waals surface area contributed by atoms with E-state index in [9.17, 15) is 0 Å². The second-order valence-electron chi connectivity index (χ2n) is 4.11. The van der Waals surface area contributed by atoms with E-state index in [0.29, 0.717) is 0 Å². The van der Waals surface area contributed by atoms with Gasteiger partial charge in [-0.05, 0) is 0 Å². The standard InChI is InChI=1S/2C4H4N.3CH3.Ru/c2*1-2-4-5-3-1;;;;/h2*1-4H;3*1H3;/q2*-1;;;;+2. The van der Waals surface area contributed by atoms with E-state index in [-0.39, 0.29) is 0 Å². The Bertz CT molecular complexity index is 366. The van der Waals surface area contributed by atoms with E-state index < -0.39 is 14.1 Å². The Kier molecular flexibility index (Phi) is 1.97. The van der Waals surface area contributed by atoms with Crippen LogP contribution in [0.3, 0.4) is 0 Å². The minimum absolute atomic E-state index is 2.10. The van der Waals surface area contributed by atoms with Crippen molar-refractivity contribution in [3.8, 4) is 0 Å². The first-order valence-corrected chi connectivity index (χ1v) is 11.2. The van der Waals surface area contributed by atoms with E-state index >= 15 is 0 Å². The van der Waals surface area contributed by atoms with Crippen molar-refractivity contribution in [3.63, 3.8) is 0 Å². The molecule has 3 heteroatoms. The van der Waals surface area contributed by atoms with Crippen LogP contribution in [0.1, 0.15) is 0 Å². The zero-order valence-electron chi connectivity index (χ0n) is 8.87. The Labute approximate surface area is 86.4 Å². The van der Waals surface area contributed by atoms with E-state index in [0.717, 1.165) is 0 Å². The van der Waals surface area contributed by atoms with E-state index in [4.69, 9.17) is 0 Å². The molecule has 0 bridgehead atoms. The predicted octanol–water partition coefficient (Wildman–Crippen LogP) is 3.35. The summed E-state index contributed by atoms with van der Waals surface area (Å²) in [5.74, 6) is 0. The Morgan fingerprint density at radius 2 is 0.929 bits per heavy atom. The molecule has 0 amide bonds. The number of rotatable bonds is 2. The molecule has 2 aromatic rings. The second-order valence-corrected chi connectivity index (χ2v) is 16.1. The molecular formula is C11H17N2Ru. The van der Waals surface area contributed by atoms with Gasteiger partial charge < -0.3 is 0 Å². The van der Waals surface area contributed by atoms with Crippen LogP contribution in [0.15, 0.2) is 49.1 Å². The molecule has 2 heterocycles. The van der Waals surface area contributed by atoms with Crippen molar-refractivity contribution in [2.45, 2.75) is 16.6 Å². The van der Waals surface area contributed by atoms with Gasteiger partial charge in [0.1, 0.15) is 0 Å². The van der Waals surface area contributed by atoms with Gasteiger partial charge in [-0.3, -0.25) is 0 Å². The van der Waals surface area contributed by atoms with Gasteiger partial charge in [0, 0.05) is 0 Å². The maximum absolute atomic E-state index is 2.55. The van der Waals surface area contributed by atoms with Gasteiger partial charge in [0.2, 0.25) is 0 Å². The molecule has 0 spiro atoms. The van der Waals surface area contributed by atoms with Crippen LogP contribution < -0.4 is 0 Å². The summed E-state index contributed by atoms with van der Waals surface area (Å²) >= 11 is -2.55. The average molecular weight is 278 g/mol. The quantitative estimate of drug-likeness (QED) is 0.746. The zero-order valence-corrected chi connectivity index (χ0v) is 10.6. The summed E-state index contributed by atoms with van der Waals surface area (Å²) in [6.45, 7) is 0. The Hall–Kier alpha value is -0.817. The normalized spacial score (nSPS) is 14.9. The summed E-state index contributed by atoms with van der Waals surface area (Å²) in [5.41, 5.74) is 7.16. The van der Waals surface area contributed by atoms with Crippen LogP contribution in [-0.2, 0) is 14.1 Å². The summed E-state index contributed by atoms with van der Waals surface area (Å²) in [6, 6.07) is 8.39. The van der Waals surface area contributed by atoms with Crippen LogP contribution in [0.2, 0.25) is 16.6 Å². The maximum atomic E-state index is 2.39. The molecule has 0 atom stereocenters. The molecule has 0 aliphatic carbocycles. The second kappa shape index (κ2) is 2.84. The van der Waals surface area contributed by atoms with E-state index in [1.807, 2.05) is 0 Å². The minimum atomic E-state index is -2.55. The van der Waals surface area contributed by atoms with E-state index in [2.05, 4.69) is 72.2 Å². The van der Waals surface area contributed by atoms with Gasteiger partial charge in [-0.2, -0.15) is 0 Å². The molecule has 0 aliphatic rings. The van der Waals surface area contributed by atoms with Gasteiger partial charge in [-0.25, -0.2) is 0 Å². The first-order chi connectivity index (χ1) is 6.49. The fraction of sp³-hybridized carbons (Fsp3) is 0.273. The number of nitrogens with zero attached hydrogens (tertiary/aromatic N) is 2. The Balaban J connectivity index is 2.59. The van der Waals surface area contributed by atoms with Crippen LogP contribution in [0, 0.1) is 0 Å². The van der Waals surface area contributed by atoms with Gasteiger partial charge in [0.25, 0.3) is 0 Å². The fourth-order valence-electron chi connectivity index (χ4n) is 1.44. The summed E-state index contributed by atoms with van der Waals surface area (Å²) in [5, 5.41) is 0. The molecule has 2 nitrogen and oxygen atoms in total. The van der Waals surface area contributed by atoms with Crippen LogP contribution in [0.5, 0.6) is 0 Å². The van der Waals surface area contributed by atoms with Crippen molar-refractivity contribution in [2.24, 2.45) is 0 Å². The van der Waals surface area contributed by atoms with Crippen LogP contribution >= 0.6 is 0 Å². The molecule has 2 aromatic heterocycles. The molecular weight excluding hydrogens is 261 g/mol. The van der Waals surface area contributed by atoms with Crippen molar-refractivity contribution < 1.29 is 14.1 Å². The molecule has 0 aliphatic heterocycles. The van der Waals surface area contributed by atoms with Gasteiger partial charge in [0.15, 0.2) is 0 Å². The Morgan fingerprint density at radius 1 is 0.643 bits per heavy atom. The van der Waals surface area contributed by atoms with Crippen molar-refractivity contribution in [1.82, 2.24) is 6.62 Å². The van der Waals surface area contributed by atoms with Crippen LogP contribution in [0.4, 0.5) is 0 Å². The van der Waals surface area contributed by atoms with Gasteiger partial charge in [-0.15, -0.1) is 0 Å². The molecule has 0 unspecified atom stereocenters. The number of aromatic nitrogens is 2. The van der Waals surface area contributed by atoms with Crippen LogP contribution in [0.25, 0.3) is 0 Å². The van der Waals surface area contributed by atoms with Crippen molar-refractivity contribution in [2.75, 3.05) is 0 Å². The first kappa shape index (κ1) is 9.73. The van der Waals surface area contributed by atoms with Crippen molar-refractivity contribution >= 4 is 0 Å². The summed E-state index contributed by atoms with van der Waals surface area (Å²) in [7, 11) is 0. The van der Waals surface area contributed by atoms with Crippen molar-refractivity contribution in [1.29, 1.82) is 0 Å². The summed E-state index contributed by atoms with van der Waals surface area (Å²) < 4.78 is 4.77. The monoisotopic (exact) mass is 279 g/mol. The molecule has 0 radical (unpaired) electrons. The zero-order chi connectivity index (χ0) is 10.3. The molecule has 2 rings (SSSR count). The van der Waals surface area contributed by atoms with Gasteiger partial charge >= 0.3 is 86.3 Å². The van der Waals surface area contributed by atoms with Crippen molar-refractivity contribution in [3.05, 3.63) is 49.1 Å². The topological polar surface area (TPSA) is 9.86 Å². The molecule has 0 fully saturated rings. The third-order valence-corrected chi connectivity index (χ3v) is 9.60. The molecule has 79 valence electrons. The van der Waals surface area contributed by atoms with Gasteiger partial charge in [-0.1, -0.05) is 0 Å². The van der Waals surface area contributed by atoms with E-state index in [1.54, 1.807) is 0 Å². The molecule has 0 N–H and O–H groups in total.